The van der Waals surface area contributed by atoms with Crippen LogP contribution in [0.4, 0.5) is 17.6 Å². The number of hydrogen-bond acceptors (Lipinski definition) is 6. The van der Waals surface area contributed by atoms with Gasteiger partial charge in [-0.3, -0.25) is 19.3 Å². The van der Waals surface area contributed by atoms with Gasteiger partial charge in [-0.1, -0.05) is 30.0 Å². The van der Waals surface area contributed by atoms with Crippen LogP contribution in [-0.2, 0) is 20.6 Å². The molecule has 0 spiro atoms. The zero-order valence-electron chi connectivity index (χ0n) is 19.7. The number of aliphatic carboxylic acids is 1. The summed E-state index contributed by atoms with van der Waals surface area (Å²) in [5.41, 5.74) is -0.693. The number of carboxylic acid groups (broad SMARTS) is 1. The molecule has 13 heteroatoms. The topological polar surface area (TPSA) is 86.7 Å². The Hall–Kier alpha value is -2.77. The lowest BCUT2D eigenvalue weighted by Crippen LogP contribution is -2.40. The lowest BCUT2D eigenvalue weighted by Gasteiger charge is -2.27. The first kappa shape index (κ1) is 28.2. The van der Waals surface area contributed by atoms with E-state index in [0.29, 0.717) is 45.3 Å². The van der Waals surface area contributed by atoms with Crippen molar-refractivity contribution in [2.45, 2.75) is 44.3 Å². The maximum Gasteiger partial charge on any atom is 0.419 e. The molecule has 1 saturated heterocycles. The number of benzene rings is 1. The fraction of sp³-hybridized carbons (Fsp3) is 0.360. The molecule has 0 bridgehead atoms. The molecule has 0 radical (unpaired) electrons. The van der Waals surface area contributed by atoms with Crippen LogP contribution in [0.3, 0.4) is 0 Å². The second-order valence-electron chi connectivity index (χ2n) is 8.97. The second kappa shape index (κ2) is 11.5. The van der Waals surface area contributed by atoms with E-state index in [-0.39, 0.29) is 42.3 Å². The molecular weight excluding hydrogens is 564 g/mol. The summed E-state index contributed by atoms with van der Waals surface area (Å²) in [7, 11) is 0. The normalized spacial score (nSPS) is 21.3. The van der Waals surface area contributed by atoms with Crippen molar-refractivity contribution in [2.24, 2.45) is 5.92 Å². The van der Waals surface area contributed by atoms with Gasteiger partial charge in [-0.25, -0.2) is 4.39 Å². The predicted octanol–water partition coefficient (Wildman–Crippen LogP) is 5.92. The molecule has 6 nitrogen and oxygen atoms in total. The van der Waals surface area contributed by atoms with Crippen molar-refractivity contribution in [3.63, 3.8) is 0 Å². The van der Waals surface area contributed by atoms with Gasteiger partial charge < -0.3 is 10.4 Å². The SMILES string of the molecule is O=C(CCN1C(=O)C(=Cc2cc(-c3ccc(F)c(C(F)(F)F)c3)cs2)SC1=S)NC1CCC(C(=O)O)CC1. The maximum absolute atomic E-state index is 13.6. The first-order valence-electron chi connectivity index (χ1n) is 11.7. The van der Waals surface area contributed by atoms with Crippen molar-refractivity contribution < 1.29 is 37.1 Å². The largest absolute Gasteiger partial charge is 0.481 e. The highest BCUT2D eigenvalue weighted by molar-refractivity contribution is 8.26. The van der Waals surface area contributed by atoms with Crippen LogP contribution in [-0.4, -0.2) is 44.7 Å². The summed E-state index contributed by atoms with van der Waals surface area (Å²) in [6.45, 7) is 0.0871. The summed E-state index contributed by atoms with van der Waals surface area (Å²) in [5, 5.41) is 13.6. The van der Waals surface area contributed by atoms with E-state index in [1.165, 1.54) is 22.3 Å². The Bertz CT molecular complexity index is 1300. The third kappa shape index (κ3) is 6.62. The number of alkyl halides is 3. The van der Waals surface area contributed by atoms with Gasteiger partial charge in [0.05, 0.1) is 16.4 Å². The van der Waals surface area contributed by atoms with Crippen molar-refractivity contribution in [3.05, 3.63) is 50.8 Å². The Morgan fingerprint density at radius 1 is 1.16 bits per heavy atom. The number of nitrogens with zero attached hydrogens (tertiary/aromatic N) is 1. The molecule has 2 amide bonds. The van der Waals surface area contributed by atoms with Crippen molar-refractivity contribution in [1.29, 1.82) is 0 Å². The van der Waals surface area contributed by atoms with Crippen molar-refractivity contribution >= 4 is 63.5 Å². The van der Waals surface area contributed by atoms with E-state index >= 15 is 0 Å². The Morgan fingerprint density at radius 2 is 1.87 bits per heavy atom. The number of amides is 2. The van der Waals surface area contributed by atoms with Gasteiger partial charge in [0.15, 0.2) is 0 Å². The number of thiocarbonyl (C=S) groups is 1. The highest BCUT2D eigenvalue weighted by Gasteiger charge is 2.35. The highest BCUT2D eigenvalue weighted by atomic mass is 32.2. The average molecular weight is 587 g/mol. The van der Waals surface area contributed by atoms with Gasteiger partial charge in [0, 0.05) is 23.9 Å². The molecule has 2 aliphatic rings. The summed E-state index contributed by atoms with van der Waals surface area (Å²) in [6, 6.07) is 4.31. The molecule has 2 fully saturated rings. The van der Waals surface area contributed by atoms with E-state index < -0.39 is 23.5 Å². The van der Waals surface area contributed by atoms with E-state index in [4.69, 9.17) is 17.3 Å². The lowest BCUT2D eigenvalue weighted by molar-refractivity contribution is -0.143. The van der Waals surface area contributed by atoms with Crippen LogP contribution >= 0.6 is 35.3 Å². The van der Waals surface area contributed by atoms with Crippen LogP contribution < -0.4 is 5.32 Å². The van der Waals surface area contributed by atoms with E-state index in [2.05, 4.69) is 5.32 Å². The average Bonchev–Trinajstić information content (AvgIpc) is 3.42. The van der Waals surface area contributed by atoms with Crippen LogP contribution in [0.2, 0.25) is 0 Å². The molecule has 2 N–H and O–H groups in total. The molecule has 1 saturated carbocycles. The standard InChI is InChI=1S/C25H22F4N2O4S3/c26-19-6-3-14(10-18(19)25(27,28)29)15-9-17(37-12-15)11-20-22(33)31(24(36)38-20)8-7-21(32)30-16-4-1-13(2-5-16)23(34)35/h3,6,9-13,16H,1-2,4-5,7-8H2,(H,30,32)(H,34,35). The van der Waals surface area contributed by atoms with Crippen LogP contribution in [0.5, 0.6) is 0 Å². The van der Waals surface area contributed by atoms with E-state index in [1.807, 2.05) is 0 Å². The van der Waals surface area contributed by atoms with E-state index in [1.54, 1.807) is 17.5 Å². The Balaban J connectivity index is 1.35. The summed E-state index contributed by atoms with van der Waals surface area (Å²) in [4.78, 5) is 38.6. The van der Waals surface area contributed by atoms with Gasteiger partial charge in [0.2, 0.25) is 5.91 Å². The molecule has 0 atom stereocenters. The molecule has 0 unspecified atom stereocenters. The number of thiophene rings is 1. The molecule has 2 aromatic rings. The molecule has 1 aliphatic carbocycles. The molecule has 1 aromatic heterocycles. The van der Waals surface area contributed by atoms with E-state index in [0.717, 1.165) is 23.9 Å². The van der Waals surface area contributed by atoms with E-state index in [9.17, 15) is 31.9 Å². The number of carboxylic acids is 1. The monoisotopic (exact) mass is 586 g/mol. The minimum absolute atomic E-state index is 0.0356. The molecule has 38 heavy (non-hydrogen) atoms. The molecule has 2 heterocycles. The number of carbonyl (C=O) groups is 3. The van der Waals surface area contributed by atoms with Gasteiger partial charge >= 0.3 is 12.1 Å². The Kier molecular flexibility index (Phi) is 8.58. The lowest BCUT2D eigenvalue weighted by atomic mass is 9.86. The first-order chi connectivity index (χ1) is 17.9. The fourth-order valence-electron chi connectivity index (χ4n) is 4.32. The minimum atomic E-state index is -4.82. The van der Waals surface area contributed by atoms with Crippen LogP contribution in [0.25, 0.3) is 17.2 Å². The number of rotatable bonds is 7. The Morgan fingerprint density at radius 3 is 2.53 bits per heavy atom. The highest BCUT2D eigenvalue weighted by Crippen LogP contribution is 2.37. The number of nitrogens with one attached hydrogen (secondary N) is 1. The number of halogens is 4. The van der Waals surface area contributed by atoms with Crippen LogP contribution in [0.1, 0.15) is 42.5 Å². The van der Waals surface area contributed by atoms with Gasteiger partial charge in [-0.2, -0.15) is 13.2 Å². The van der Waals surface area contributed by atoms with Crippen molar-refractivity contribution in [3.8, 4) is 11.1 Å². The van der Waals surface area contributed by atoms with Gasteiger partial charge in [-0.15, -0.1) is 11.3 Å². The minimum Gasteiger partial charge on any atom is -0.481 e. The number of carbonyl (C=O) groups excluding carboxylic acids is 2. The van der Waals surface area contributed by atoms with Crippen LogP contribution in [0, 0.1) is 11.7 Å². The quantitative estimate of drug-likeness (QED) is 0.238. The predicted molar refractivity (Wildman–Crippen MR) is 141 cm³/mol. The first-order valence-corrected chi connectivity index (χ1v) is 13.8. The summed E-state index contributed by atoms with van der Waals surface area (Å²) in [5.74, 6) is -3.16. The second-order valence-corrected chi connectivity index (χ2v) is 11.6. The molecule has 1 aliphatic heterocycles. The molecular formula is C25H22F4N2O4S3. The maximum atomic E-state index is 13.6. The van der Waals surface area contributed by atoms with Crippen molar-refractivity contribution in [2.75, 3.05) is 6.54 Å². The van der Waals surface area contributed by atoms with Gasteiger partial charge in [0.25, 0.3) is 5.91 Å². The molecule has 202 valence electrons. The zero-order chi connectivity index (χ0) is 27.6. The summed E-state index contributed by atoms with van der Waals surface area (Å²) < 4.78 is 53.1. The smallest absolute Gasteiger partial charge is 0.419 e. The van der Waals surface area contributed by atoms with Crippen LogP contribution in [0.15, 0.2) is 34.6 Å². The molecule has 4 rings (SSSR count). The Labute approximate surface area is 229 Å². The third-order valence-corrected chi connectivity index (χ3v) is 8.63. The number of hydrogen-bond donors (Lipinski definition) is 2. The molecule has 1 aromatic carbocycles. The summed E-state index contributed by atoms with van der Waals surface area (Å²) >= 11 is 7.59. The zero-order valence-corrected chi connectivity index (χ0v) is 22.2. The van der Waals surface area contributed by atoms with Gasteiger partial charge in [0.1, 0.15) is 10.1 Å². The van der Waals surface area contributed by atoms with Gasteiger partial charge in [-0.05, 0) is 66.5 Å². The third-order valence-electron chi connectivity index (χ3n) is 6.38. The van der Waals surface area contributed by atoms with Crippen molar-refractivity contribution in [1.82, 2.24) is 10.2 Å². The number of thioether (sulfide) groups is 1. The summed E-state index contributed by atoms with van der Waals surface area (Å²) in [6.07, 6.45) is -1.00. The fourth-order valence-corrected chi connectivity index (χ4v) is 6.54.